The van der Waals surface area contributed by atoms with Crippen LogP contribution in [0.15, 0.2) is 12.3 Å². The molecule has 1 heterocycles. The van der Waals surface area contributed by atoms with Crippen molar-refractivity contribution in [3.8, 4) is 0 Å². The first-order chi connectivity index (χ1) is 7.85. The molecule has 0 atom stereocenters. The second-order valence-electron chi connectivity index (χ2n) is 4.60. The molecule has 17 heavy (non-hydrogen) atoms. The number of nitrogens with one attached hydrogen (secondary N) is 1. The van der Waals surface area contributed by atoms with E-state index in [0.29, 0.717) is 12.1 Å². The number of hydrogen-bond donors (Lipinski definition) is 3. The van der Waals surface area contributed by atoms with Crippen LogP contribution < -0.4 is 11.1 Å². The van der Waals surface area contributed by atoms with Gasteiger partial charge >= 0.3 is 0 Å². The van der Waals surface area contributed by atoms with Crippen molar-refractivity contribution >= 4 is 23.2 Å². The monoisotopic (exact) mass is 257 g/mol. The highest BCUT2D eigenvalue weighted by atomic mass is 35.5. The second-order valence-corrected chi connectivity index (χ2v) is 4.99. The summed E-state index contributed by atoms with van der Waals surface area (Å²) < 4.78 is 0. The van der Waals surface area contributed by atoms with E-state index >= 15 is 0 Å². The van der Waals surface area contributed by atoms with Gasteiger partial charge in [0.05, 0.1) is 17.4 Å². The standard InChI is InChI=1S/C11H16ClN3O2/c1-11(2,6-16)5-15-10(17)7-3-9(12)14-4-8(7)13/h3-4,16H,5-6,13H2,1-2H3,(H,15,17). The molecule has 5 nitrogen and oxygen atoms in total. The third-order valence-electron chi connectivity index (χ3n) is 2.30. The van der Waals surface area contributed by atoms with Crippen LogP contribution in [0.4, 0.5) is 5.69 Å². The van der Waals surface area contributed by atoms with Crippen LogP contribution in [-0.2, 0) is 0 Å². The summed E-state index contributed by atoms with van der Waals surface area (Å²) >= 11 is 5.69. The van der Waals surface area contributed by atoms with Gasteiger partial charge in [-0.25, -0.2) is 4.98 Å². The normalized spacial score (nSPS) is 11.3. The number of aliphatic hydroxyl groups excluding tert-OH is 1. The first kappa shape index (κ1) is 13.7. The first-order valence-electron chi connectivity index (χ1n) is 5.16. The molecule has 0 bridgehead atoms. The Hall–Kier alpha value is -1.33. The minimum Gasteiger partial charge on any atom is -0.397 e. The molecule has 1 aromatic rings. The number of rotatable bonds is 4. The largest absolute Gasteiger partial charge is 0.397 e. The van der Waals surface area contributed by atoms with Crippen molar-refractivity contribution in [3.63, 3.8) is 0 Å². The zero-order valence-electron chi connectivity index (χ0n) is 9.83. The maximum absolute atomic E-state index is 11.8. The Labute approximate surface area is 105 Å². The summed E-state index contributed by atoms with van der Waals surface area (Å²) in [5.41, 5.74) is 5.82. The highest BCUT2D eigenvalue weighted by Gasteiger charge is 2.19. The summed E-state index contributed by atoms with van der Waals surface area (Å²) in [6, 6.07) is 1.41. The molecule has 0 aliphatic heterocycles. The lowest BCUT2D eigenvalue weighted by Crippen LogP contribution is -2.36. The van der Waals surface area contributed by atoms with Crippen LogP contribution in [0, 0.1) is 5.41 Å². The molecule has 6 heteroatoms. The van der Waals surface area contributed by atoms with E-state index in [1.54, 1.807) is 0 Å². The van der Waals surface area contributed by atoms with E-state index in [1.165, 1.54) is 12.3 Å². The fourth-order valence-electron chi connectivity index (χ4n) is 1.11. The van der Waals surface area contributed by atoms with Crippen LogP contribution in [0.1, 0.15) is 24.2 Å². The molecule has 0 fully saturated rings. The first-order valence-corrected chi connectivity index (χ1v) is 5.53. The third-order valence-corrected chi connectivity index (χ3v) is 2.51. The molecule has 1 aromatic heterocycles. The molecule has 0 saturated carbocycles. The predicted octanol–water partition coefficient (Wildman–Crippen LogP) is 1.07. The molecule has 1 amide bonds. The topological polar surface area (TPSA) is 88.2 Å². The molecule has 4 N–H and O–H groups in total. The summed E-state index contributed by atoms with van der Waals surface area (Å²) in [6.07, 6.45) is 1.34. The molecule has 0 spiro atoms. The summed E-state index contributed by atoms with van der Waals surface area (Å²) in [4.78, 5) is 15.6. The summed E-state index contributed by atoms with van der Waals surface area (Å²) in [7, 11) is 0. The van der Waals surface area contributed by atoms with Crippen molar-refractivity contribution in [2.45, 2.75) is 13.8 Å². The number of amides is 1. The van der Waals surface area contributed by atoms with Gasteiger partial charge in [-0.05, 0) is 6.07 Å². The number of nitrogens with two attached hydrogens (primary N) is 1. The van der Waals surface area contributed by atoms with Crippen molar-refractivity contribution in [1.82, 2.24) is 10.3 Å². The molecule has 0 radical (unpaired) electrons. The summed E-state index contributed by atoms with van der Waals surface area (Å²) in [5.74, 6) is -0.326. The average molecular weight is 258 g/mol. The quantitative estimate of drug-likeness (QED) is 0.704. The second kappa shape index (κ2) is 5.33. The van der Waals surface area contributed by atoms with Gasteiger partial charge in [0.25, 0.3) is 5.91 Å². The zero-order chi connectivity index (χ0) is 13.1. The van der Waals surface area contributed by atoms with Crippen molar-refractivity contribution in [2.24, 2.45) is 5.41 Å². The van der Waals surface area contributed by atoms with Crippen molar-refractivity contribution in [3.05, 3.63) is 23.0 Å². The fraction of sp³-hybridized carbons (Fsp3) is 0.455. The molecule has 0 aliphatic carbocycles. The van der Waals surface area contributed by atoms with Crippen molar-refractivity contribution < 1.29 is 9.90 Å². The molecular formula is C11H16ClN3O2. The average Bonchev–Trinajstić information content (AvgIpc) is 2.29. The highest BCUT2D eigenvalue weighted by molar-refractivity contribution is 6.29. The number of nitrogens with zero attached hydrogens (tertiary/aromatic N) is 1. The SMILES string of the molecule is CC(C)(CO)CNC(=O)c1cc(Cl)ncc1N. The fourth-order valence-corrected chi connectivity index (χ4v) is 1.27. The maximum atomic E-state index is 11.8. The molecule has 0 aromatic carbocycles. The number of hydrogen-bond acceptors (Lipinski definition) is 4. The van der Waals surface area contributed by atoms with Gasteiger partial charge in [-0.2, -0.15) is 0 Å². The number of pyridine rings is 1. The Morgan fingerprint density at radius 3 is 2.88 bits per heavy atom. The molecule has 0 aliphatic rings. The van der Waals surface area contributed by atoms with Gasteiger partial charge in [-0.15, -0.1) is 0 Å². The van der Waals surface area contributed by atoms with Gasteiger partial charge in [0.1, 0.15) is 5.15 Å². The Bertz CT molecular complexity index is 421. The zero-order valence-corrected chi connectivity index (χ0v) is 10.6. The number of aromatic nitrogens is 1. The van der Waals surface area contributed by atoms with Crippen LogP contribution in [0.2, 0.25) is 5.15 Å². The van der Waals surface area contributed by atoms with Crippen LogP contribution in [0.25, 0.3) is 0 Å². The Morgan fingerprint density at radius 2 is 2.29 bits per heavy atom. The van der Waals surface area contributed by atoms with E-state index in [0.717, 1.165) is 0 Å². The Balaban J connectivity index is 2.74. The van der Waals surface area contributed by atoms with Gasteiger partial charge in [-0.1, -0.05) is 25.4 Å². The van der Waals surface area contributed by atoms with Gasteiger partial charge in [0.15, 0.2) is 0 Å². The van der Waals surface area contributed by atoms with Crippen LogP contribution in [0.3, 0.4) is 0 Å². The minimum absolute atomic E-state index is 0.0140. The van der Waals surface area contributed by atoms with E-state index in [2.05, 4.69) is 10.3 Å². The molecule has 0 saturated heterocycles. The molecule has 0 unspecified atom stereocenters. The lowest BCUT2D eigenvalue weighted by molar-refractivity contribution is 0.0912. The van der Waals surface area contributed by atoms with Gasteiger partial charge < -0.3 is 16.2 Å². The Kier molecular flexibility index (Phi) is 4.31. The number of halogens is 1. The molecular weight excluding hydrogens is 242 g/mol. The van der Waals surface area contributed by atoms with Crippen LogP contribution >= 0.6 is 11.6 Å². The number of nitrogen functional groups attached to an aromatic ring is 1. The van der Waals surface area contributed by atoms with Crippen LogP contribution in [-0.4, -0.2) is 29.1 Å². The molecule has 94 valence electrons. The van der Waals surface area contributed by atoms with Gasteiger partial charge in [0.2, 0.25) is 0 Å². The van der Waals surface area contributed by atoms with E-state index in [1.807, 2.05) is 13.8 Å². The lowest BCUT2D eigenvalue weighted by atomic mass is 9.95. The van der Waals surface area contributed by atoms with Crippen molar-refractivity contribution in [2.75, 3.05) is 18.9 Å². The smallest absolute Gasteiger partial charge is 0.253 e. The molecule has 1 rings (SSSR count). The maximum Gasteiger partial charge on any atom is 0.253 e. The third kappa shape index (κ3) is 3.87. The minimum atomic E-state index is -0.374. The Morgan fingerprint density at radius 1 is 1.65 bits per heavy atom. The number of anilines is 1. The lowest BCUT2D eigenvalue weighted by Gasteiger charge is -2.22. The predicted molar refractivity (Wildman–Crippen MR) is 66.9 cm³/mol. The number of carbonyl (C=O) groups excluding carboxylic acids is 1. The summed E-state index contributed by atoms with van der Waals surface area (Å²) in [5, 5.41) is 12.0. The number of carbonyl (C=O) groups is 1. The number of aliphatic hydroxyl groups is 1. The van der Waals surface area contributed by atoms with Crippen LogP contribution in [0.5, 0.6) is 0 Å². The van der Waals surface area contributed by atoms with Gasteiger partial charge in [0, 0.05) is 18.6 Å². The van der Waals surface area contributed by atoms with E-state index in [-0.39, 0.29) is 28.8 Å². The van der Waals surface area contributed by atoms with Gasteiger partial charge in [-0.3, -0.25) is 4.79 Å². The highest BCUT2D eigenvalue weighted by Crippen LogP contribution is 2.16. The summed E-state index contributed by atoms with van der Waals surface area (Å²) in [6.45, 7) is 4.02. The van der Waals surface area contributed by atoms with E-state index < -0.39 is 0 Å². The van der Waals surface area contributed by atoms with E-state index in [4.69, 9.17) is 22.4 Å². The van der Waals surface area contributed by atoms with E-state index in [9.17, 15) is 4.79 Å². The van der Waals surface area contributed by atoms with Crippen molar-refractivity contribution in [1.29, 1.82) is 0 Å².